The Hall–Kier alpha value is -1.14. The molecule has 6 heteroatoms. The summed E-state index contributed by atoms with van der Waals surface area (Å²) in [6.07, 6.45) is 6.33. The van der Waals surface area contributed by atoms with Crippen LogP contribution in [0.1, 0.15) is 42.7 Å². The van der Waals surface area contributed by atoms with E-state index < -0.39 is 0 Å². The molecule has 2 atom stereocenters. The molecule has 24 heavy (non-hydrogen) atoms. The lowest BCUT2D eigenvalue weighted by atomic mass is 9.80. The van der Waals surface area contributed by atoms with Gasteiger partial charge in [0.1, 0.15) is 0 Å². The number of rotatable bonds is 4. The van der Waals surface area contributed by atoms with Gasteiger partial charge in [-0.25, -0.2) is 4.79 Å². The number of methoxy groups -OCH3 is 1. The van der Waals surface area contributed by atoms with Crippen LogP contribution in [0.15, 0.2) is 4.99 Å². The van der Waals surface area contributed by atoms with Gasteiger partial charge in [-0.2, -0.15) is 4.99 Å². The number of nitrogens with one attached hydrogen (secondary N) is 1. The second-order valence-electron chi connectivity index (χ2n) is 7.91. The van der Waals surface area contributed by atoms with E-state index in [9.17, 15) is 4.79 Å². The van der Waals surface area contributed by atoms with Gasteiger partial charge in [0.15, 0.2) is 4.80 Å². The third-order valence-electron chi connectivity index (χ3n) is 6.45. The number of carbonyl (C=O) groups excluding carboxylic acids is 1. The quantitative estimate of drug-likeness (QED) is 0.908. The summed E-state index contributed by atoms with van der Waals surface area (Å²) < 4.78 is 7.29. The molecule has 0 spiro atoms. The summed E-state index contributed by atoms with van der Waals surface area (Å²) >= 11 is 1.59. The van der Waals surface area contributed by atoms with E-state index >= 15 is 0 Å². The van der Waals surface area contributed by atoms with E-state index in [0.717, 1.165) is 23.2 Å². The van der Waals surface area contributed by atoms with Crippen LogP contribution < -0.4 is 10.1 Å². The van der Waals surface area contributed by atoms with Crippen LogP contribution in [0.25, 0.3) is 0 Å². The van der Waals surface area contributed by atoms with Crippen molar-refractivity contribution in [3.8, 4) is 0 Å². The zero-order chi connectivity index (χ0) is 16.9. The van der Waals surface area contributed by atoms with Crippen molar-refractivity contribution in [2.75, 3.05) is 13.7 Å². The van der Waals surface area contributed by atoms with E-state index in [2.05, 4.69) is 28.7 Å². The normalized spacial score (nSPS) is 34.3. The average Bonchev–Trinajstić information content (AvgIpc) is 3.01. The highest BCUT2D eigenvalue weighted by Gasteiger charge is 2.58. The molecule has 0 radical (unpaired) electrons. The SMILES string of the molecule is COCCn1c(C)c(C)s/c1=N\C(=O)NC12CC3CC(CC1C3)C2. The first-order valence-corrected chi connectivity index (χ1v) is 9.85. The van der Waals surface area contributed by atoms with Gasteiger partial charge in [0.05, 0.1) is 6.61 Å². The highest BCUT2D eigenvalue weighted by molar-refractivity contribution is 7.09. The number of hydrogen-bond donors (Lipinski definition) is 1. The summed E-state index contributed by atoms with van der Waals surface area (Å²) in [5, 5.41) is 3.33. The molecule has 1 aromatic heterocycles. The Balaban J connectivity index is 1.56. The van der Waals surface area contributed by atoms with Gasteiger partial charge in [-0.1, -0.05) is 0 Å². The van der Waals surface area contributed by atoms with Crippen molar-refractivity contribution in [2.24, 2.45) is 22.7 Å². The van der Waals surface area contributed by atoms with Crippen LogP contribution in [0.5, 0.6) is 0 Å². The molecule has 2 unspecified atom stereocenters. The summed E-state index contributed by atoms with van der Waals surface area (Å²) in [7, 11) is 1.70. The van der Waals surface area contributed by atoms with Crippen molar-refractivity contribution in [1.82, 2.24) is 9.88 Å². The number of urea groups is 1. The highest BCUT2D eigenvalue weighted by Crippen LogP contribution is 2.60. The lowest BCUT2D eigenvalue weighted by Gasteiger charge is -2.33. The number of hydrogen-bond acceptors (Lipinski definition) is 3. The maximum atomic E-state index is 12.7. The lowest BCUT2D eigenvalue weighted by Crippen LogP contribution is -2.48. The van der Waals surface area contributed by atoms with Gasteiger partial charge in [-0.3, -0.25) is 0 Å². The summed E-state index contributed by atoms with van der Waals surface area (Å²) in [6.45, 7) is 5.52. The van der Waals surface area contributed by atoms with Gasteiger partial charge in [0, 0.05) is 29.8 Å². The smallest absolute Gasteiger partial charge is 0.344 e. The van der Waals surface area contributed by atoms with Crippen LogP contribution in [0.2, 0.25) is 0 Å². The Morgan fingerprint density at radius 1 is 1.33 bits per heavy atom. The fourth-order valence-electron chi connectivity index (χ4n) is 5.46. The molecule has 0 saturated heterocycles. The molecule has 0 aliphatic heterocycles. The number of nitrogens with zero attached hydrogens (tertiary/aromatic N) is 2. The monoisotopic (exact) mass is 349 g/mol. The van der Waals surface area contributed by atoms with Gasteiger partial charge in [-0.05, 0) is 63.7 Å². The standard InChI is InChI=1S/C18H27N3O2S/c1-11-12(2)24-17(21(11)4-5-23-3)19-16(22)20-18-9-13-6-14(10-18)8-15(18)7-13/h13-15H,4-10H2,1-3H3,(H,20,22)/b19-17-. The molecule has 4 aliphatic carbocycles. The van der Waals surface area contributed by atoms with E-state index in [4.69, 9.17) is 4.74 Å². The predicted octanol–water partition coefficient (Wildman–Crippen LogP) is 3.00. The minimum absolute atomic E-state index is 0.0485. The number of amides is 2. The first kappa shape index (κ1) is 16.3. The van der Waals surface area contributed by atoms with Crippen LogP contribution in [0, 0.1) is 31.6 Å². The van der Waals surface area contributed by atoms with Crippen molar-refractivity contribution < 1.29 is 9.53 Å². The van der Waals surface area contributed by atoms with E-state index in [1.54, 1.807) is 18.4 Å². The summed E-state index contributed by atoms with van der Waals surface area (Å²) in [4.78, 5) is 19.1. The Kier molecular flexibility index (Phi) is 4.07. The minimum atomic E-state index is -0.157. The van der Waals surface area contributed by atoms with E-state index in [-0.39, 0.29) is 11.6 Å². The molecule has 0 aromatic carbocycles. The van der Waals surface area contributed by atoms with Gasteiger partial charge in [0.2, 0.25) is 0 Å². The molecular weight excluding hydrogens is 322 g/mol. The van der Waals surface area contributed by atoms with Crippen LogP contribution >= 0.6 is 11.3 Å². The van der Waals surface area contributed by atoms with Crippen molar-refractivity contribution in [1.29, 1.82) is 0 Å². The molecule has 1 aromatic rings. The van der Waals surface area contributed by atoms with E-state index in [1.807, 2.05) is 0 Å². The molecule has 4 fully saturated rings. The highest BCUT2D eigenvalue weighted by atomic mass is 32.1. The van der Waals surface area contributed by atoms with Crippen LogP contribution in [0.4, 0.5) is 4.79 Å². The first-order chi connectivity index (χ1) is 11.5. The van der Waals surface area contributed by atoms with Gasteiger partial charge in [-0.15, -0.1) is 11.3 Å². The molecule has 4 aliphatic rings. The number of ether oxygens (including phenoxy) is 1. The Morgan fingerprint density at radius 2 is 2.04 bits per heavy atom. The largest absolute Gasteiger partial charge is 0.383 e. The predicted molar refractivity (Wildman–Crippen MR) is 94.0 cm³/mol. The third-order valence-corrected chi connectivity index (χ3v) is 7.55. The molecule has 1 heterocycles. The molecule has 5 nitrogen and oxygen atoms in total. The minimum Gasteiger partial charge on any atom is -0.383 e. The maximum Gasteiger partial charge on any atom is 0.344 e. The number of aryl methyl sites for hydroxylation is 1. The maximum absolute atomic E-state index is 12.7. The van der Waals surface area contributed by atoms with Crippen LogP contribution in [0.3, 0.4) is 0 Å². The van der Waals surface area contributed by atoms with Crippen LogP contribution in [-0.4, -0.2) is 29.9 Å². The molecule has 4 bridgehead atoms. The van der Waals surface area contributed by atoms with Gasteiger partial charge >= 0.3 is 6.03 Å². The number of carbonyl (C=O) groups is 1. The molecule has 5 rings (SSSR count). The Labute approximate surface area is 147 Å². The zero-order valence-electron chi connectivity index (χ0n) is 14.8. The van der Waals surface area contributed by atoms with Gasteiger partial charge < -0.3 is 14.6 Å². The van der Waals surface area contributed by atoms with Crippen molar-refractivity contribution in [2.45, 2.75) is 58.0 Å². The zero-order valence-corrected chi connectivity index (χ0v) is 15.6. The molecule has 1 N–H and O–H groups in total. The Bertz CT molecular complexity index is 706. The van der Waals surface area contributed by atoms with Crippen molar-refractivity contribution in [3.05, 3.63) is 15.4 Å². The first-order valence-electron chi connectivity index (χ1n) is 9.03. The Morgan fingerprint density at radius 3 is 2.71 bits per heavy atom. The van der Waals surface area contributed by atoms with E-state index in [0.29, 0.717) is 12.5 Å². The molecule has 4 saturated carbocycles. The van der Waals surface area contributed by atoms with Crippen molar-refractivity contribution in [3.63, 3.8) is 0 Å². The number of aromatic nitrogens is 1. The van der Waals surface area contributed by atoms with E-state index in [1.165, 1.54) is 42.7 Å². The molecule has 132 valence electrons. The molecule has 2 amide bonds. The second-order valence-corrected chi connectivity index (χ2v) is 9.09. The van der Waals surface area contributed by atoms with Gasteiger partial charge in [0.25, 0.3) is 0 Å². The third kappa shape index (κ3) is 2.64. The van der Waals surface area contributed by atoms with Crippen LogP contribution in [-0.2, 0) is 11.3 Å². The lowest BCUT2D eigenvalue weighted by molar-refractivity contribution is 0.185. The fourth-order valence-corrected chi connectivity index (χ4v) is 6.46. The van der Waals surface area contributed by atoms with Crippen molar-refractivity contribution >= 4 is 17.4 Å². The average molecular weight is 350 g/mol. The molecular formula is C18H27N3O2S. The summed E-state index contributed by atoms with van der Waals surface area (Å²) in [5.74, 6) is 2.36. The topological polar surface area (TPSA) is 55.6 Å². The summed E-state index contributed by atoms with van der Waals surface area (Å²) in [5.41, 5.74) is 1.22. The fraction of sp³-hybridized carbons (Fsp3) is 0.778. The second kappa shape index (κ2) is 5.99. The number of thiazole rings is 1. The summed E-state index contributed by atoms with van der Waals surface area (Å²) in [6, 6.07) is -0.157.